The molecule has 1 saturated heterocycles. The summed E-state index contributed by atoms with van der Waals surface area (Å²) in [6.07, 6.45) is 0. The molecule has 70 valence electrons. The molecule has 1 fully saturated rings. The number of rotatable bonds is 3. The molecular formula is C8H15NO3. The predicted molar refractivity (Wildman–Crippen MR) is 43.8 cm³/mol. The number of carbonyl (C=O) groups is 1. The van der Waals surface area contributed by atoms with Crippen molar-refractivity contribution in [1.29, 1.82) is 0 Å². The lowest BCUT2D eigenvalue weighted by atomic mass is 9.99. The molecule has 0 saturated carbocycles. The van der Waals surface area contributed by atoms with Crippen LogP contribution in [0, 0.1) is 11.8 Å². The van der Waals surface area contributed by atoms with Gasteiger partial charge < -0.3 is 10.2 Å². The predicted octanol–water partition coefficient (Wildman–Crippen LogP) is -0.369. The molecule has 0 amide bonds. The lowest BCUT2D eigenvalue weighted by Gasteiger charge is -2.12. The summed E-state index contributed by atoms with van der Waals surface area (Å²) >= 11 is 0. The van der Waals surface area contributed by atoms with Gasteiger partial charge in [0.05, 0.1) is 12.5 Å². The van der Waals surface area contributed by atoms with E-state index in [0.29, 0.717) is 13.1 Å². The van der Waals surface area contributed by atoms with Crippen molar-refractivity contribution in [3.05, 3.63) is 0 Å². The van der Waals surface area contributed by atoms with Crippen LogP contribution in [-0.4, -0.2) is 47.3 Å². The molecule has 2 atom stereocenters. The summed E-state index contributed by atoms with van der Waals surface area (Å²) in [6, 6.07) is 0. The highest BCUT2D eigenvalue weighted by molar-refractivity contribution is 5.71. The SMILES string of the molecule is CC1CN(CCO)CC1C(=O)O. The number of nitrogens with zero attached hydrogens (tertiary/aromatic N) is 1. The number of aliphatic carboxylic acids is 1. The molecule has 2 unspecified atom stereocenters. The molecule has 1 aliphatic heterocycles. The van der Waals surface area contributed by atoms with E-state index in [4.69, 9.17) is 10.2 Å². The Labute approximate surface area is 71.8 Å². The van der Waals surface area contributed by atoms with Crippen molar-refractivity contribution in [1.82, 2.24) is 4.90 Å². The second-order valence-corrected chi connectivity index (χ2v) is 3.41. The van der Waals surface area contributed by atoms with E-state index in [2.05, 4.69) is 0 Å². The van der Waals surface area contributed by atoms with Crippen LogP contribution in [0.5, 0.6) is 0 Å². The van der Waals surface area contributed by atoms with E-state index >= 15 is 0 Å². The number of aliphatic hydroxyl groups excluding tert-OH is 1. The van der Waals surface area contributed by atoms with E-state index < -0.39 is 5.97 Å². The lowest BCUT2D eigenvalue weighted by molar-refractivity contribution is -0.142. The molecule has 0 aromatic carbocycles. The number of hydrogen-bond acceptors (Lipinski definition) is 3. The summed E-state index contributed by atoms with van der Waals surface area (Å²) in [4.78, 5) is 12.7. The van der Waals surface area contributed by atoms with Crippen LogP contribution < -0.4 is 0 Å². The fourth-order valence-electron chi connectivity index (χ4n) is 1.71. The summed E-state index contributed by atoms with van der Waals surface area (Å²) in [5.41, 5.74) is 0. The van der Waals surface area contributed by atoms with Gasteiger partial charge in [-0.3, -0.25) is 9.69 Å². The summed E-state index contributed by atoms with van der Waals surface area (Å²) < 4.78 is 0. The van der Waals surface area contributed by atoms with Gasteiger partial charge >= 0.3 is 5.97 Å². The van der Waals surface area contributed by atoms with Crippen molar-refractivity contribution in [2.45, 2.75) is 6.92 Å². The second kappa shape index (κ2) is 3.87. The number of carboxylic acid groups (broad SMARTS) is 1. The van der Waals surface area contributed by atoms with Crippen molar-refractivity contribution in [2.75, 3.05) is 26.2 Å². The van der Waals surface area contributed by atoms with Crippen LogP contribution >= 0.6 is 0 Å². The van der Waals surface area contributed by atoms with Gasteiger partial charge in [0.1, 0.15) is 0 Å². The number of hydrogen-bond donors (Lipinski definition) is 2. The Hall–Kier alpha value is -0.610. The van der Waals surface area contributed by atoms with Crippen LogP contribution in [0.15, 0.2) is 0 Å². The Bertz CT molecular complexity index is 172. The number of likely N-dealkylation sites (tertiary alicyclic amines) is 1. The fourth-order valence-corrected chi connectivity index (χ4v) is 1.71. The third-order valence-electron chi connectivity index (χ3n) is 2.42. The first-order valence-corrected chi connectivity index (χ1v) is 4.21. The first kappa shape index (κ1) is 9.48. The zero-order valence-corrected chi connectivity index (χ0v) is 7.23. The number of carboxylic acids is 1. The molecule has 0 bridgehead atoms. The Balaban J connectivity index is 2.44. The minimum Gasteiger partial charge on any atom is -0.481 e. The van der Waals surface area contributed by atoms with Gasteiger partial charge in [0.25, 0.3) is 0 Å². The largest absolute Gasteiger partial charge is 0.481 e. The summed E-state index contributed by atoms with van der Waals surface area (Å²) in [7, 11) is 0. The van der Waals surface area contributed by atoms with Crippen LogP contribution in [0.1, 0.15) is 6.92 Å². The van der Waals surface area contributed by atoms with E-state index in [-0.39, 0.29) is 18.4 Å². The minimum atomic E-state index is -0.720. The van der Waals surface area contributed by atoms with E-state index in [1.807, 2.05) is 11.8 Å². The van der Waals surface area contributed by atoms with Crippen LogP contribution in [0.4, 0.5) is 0 Å². The molecule has 4 nitrogen and oxygen atoms in total. The highest BCUT2D eigenvalue weighted by Gasteiger charge is 2.33. The Kier molecular flexibility index (Phi) is 3.05. The van der Waals surface area contributed by atoms with E-state index in [9.17, 15) is 4.79 Å². The van der Waals surface area contributed by atoms with Crippen molar-refractivity contribution >= 4 is 5.97 Å². The van der Waals surface area contributed by atoms with Crippen molar-refractivity contribution in [3.63, 3.8) is 0 Å². The standard InChI is InChI=1S/C8H15NO3/c1-6-4-9(2-3-10)5-7(6)8(11)12/h6-7,10H,2-5H2,1H3,(H,11,12). The zero-order valence-electron chi connectivity index (χ0n) is 7.23. The maximum Gasteiger partial charge on any atom is 0.308 e. The molecule has 1 aliphatic rings. The minimum absolute atomic E-state index is 0.110. The molecule has 1 heterocycles. The van der Waals surface area contributed by atoms with Gasteiger partial charge in [-0.15, -0.1) is 0 Å². The summed E-state index contributed by atoms with van der Waals surface area (Å²) in [5.74, 6) is -0.770. The lowest BCUT2D eigenvalue weighted by Crippen LogP contribution is -2.25. The van der Waals surface area contributed by atoms with Gasteiger partial charge in [0.15, 0.2) is 0 Å². The van der Waals surface area contributed by atoms with Gasteiger partial charge in [-0.25, -0.2) is 0 Å². The quantitative estimate of drug-likeness (QED) is 0.611. The van der Waals surface area contributed by atoms with Gasteiger partial charge in [-0.05, 0) is 5.92 Å². The van der Waals surface area contributed by atoms with Crippen molar-refractivity contribution in [3.8, 4) is 0 Å². The molecule has 0 aromatic heterocycles. The Morgan fingerprint density at radius 1 is 1.58 bits per heavy atom. The first-order chi connectivity index (χ1) is 5.65. The number of β-amino-alcohol motifs (C(OH)–C–C–N with tert-alkyl or cyclic N) is 1. The second-order valence-electron chi connectivity index (χ2n) is 3.41. The van der Waals surface area contributed by atoms with E-state index in [1.54, 1.807) is 0 Å². The molecule has 0 aliphatic carbocycles. The third kappa shape index (κ3) is 1.95. The highest BCUT2D eigenvalue weighted by Crippen LogP contribution is 2.22. The summed E-state index contributed by atoms with van der Waals surface area (Å²) in [5, 5.41) is 17.4. The third-order valence-corrected chi connectivity index (χ3v) is 2.42. The first-order valence-electron chi connectivity index (χ1n) is 4.21. The van der Waals surface area contributed by atoms with Crippen LogP contribution in [-0.2, 0) is 4.79 Å². The molecule has 2 N–H and O–H groups in total. The smallest absolute Gasteiger partial charge is 0.308 e. The van der Waals surface area contributed by atoms with Crippen LogP contribution in [0.3, 0.4) is 0 Å². The van der Waals surface area contributed by atoms with Crippen molar-refractivity contribution < 1.29 is 15.0 Å². The highest BCUT2D eigenvalue weighted by atomic mass is 16.4. The average Bonchev–Trinajstić information content (AvgIpc) is 2.32. The molecular weight excluding hydrogens is 158 g/mol. The van der Waals surface area contributed by atoms with Crippen molar-refractivity contribution in [2.24, 2.45) is 11.8 Å². The molecule has 0 radical (unpaired) electrons. The van der Waals surface area contributed by atoms with Gasteiger partial charge in [-0.2, -0.15) is 0 Å². The van der Waals surface area contributed by atoms with Crippen LogP contribution in [0.2, 0.25) is 0 Å². The molecule has 4 heteroatoms. The monoisotopic (exact) mass is 173 g/mol. The average molecular weight is 173 g/mol. The van der Waals surface area contributed by atoms with Gasteiger partial charge in [0.2, 0.25) is 0 Å². The molecule has 12 heavy (non-hydrogen) atoms. The van der Waals surface area contributed by atoms with E-state index in [0.717, 1.165) is 6.54 Å². The molecule has 0 spiro atoms. The number of aliphatic hydroxyl groups is 1. The molecule has 1 rings (SSSR count). The summed E-state index contributed by atoms with van der Waals surface area (Å²) in [6.45, 7) is 4.01. The van der Waals surface area contributed by atoms with Gasteiger partial charge in [-0.1, -0.05) is 6.92 Å². The Morgan fingerprint density at radius 2 is 2.25 bits per heavy atom. The fraction of sp³-hybridized carbons (Fsp3) is 0.875. The normalized spacial score (nSPS) is 30.8. The zero-order chi connectivity index (χ0) is 9.14. The Morgan fingerprint density at radius 3 is 2.67 bits per heavy atom. The van der Waals surface area contributed by atoms with Crippen LogP contribution in [0.25, 0.3) is 0 Å². The van der Waals surface area contributed by atoms with Gasteiger partial charge in [0, 0.05) is 19.6 Å². The maximum atomic E-state index is 10.7. The topological polar surface area (TPSA) is 60.8 Å². The maximum absolute atomic E-state index is 10.7. The molecule has 0 aromatic rings. The van der Waals surface area contributed by atoms with E-state index in [1.165, 1.54) is 0 Å².